The number of H-pyrrole nitrogens is 1. The van der Waals surface area contributed by atoms with E-state index in [0.717, 1.165) is 24.4 Å². The molecule has 1 aromatic carbocycles. The van der Waals surface area contributed by atoms with E-state index in [-0.39, 0.29) is 6.04 Å². The second-order valence-electron chi connectivity index (χ2n) is 4.72. The third-order valence-electron chi connectivity index (χ3n) is 3.57. The van der Waals surface area contributed by atoms with Gasteiger partial charge in [-0.3, -0.25) is 4.68 Å². The molecule has 6 heteroatoms. The van der Waals surface area contributed by atoms with Gasteiger partial charge in [-0.2, -0.15) is 20.5 Å². The molecule has 104 valence electrons. The molecule has 0 radical (unpaired) electrons. The van der Waals surface area contributed by atoms with Crippen LogP contribution in [0.2, 0.25) is 0 Å². The van der Waals surface area contributed by atoms with Crippen LogP contribution in [-0.4, -0.2) is 32.2 Å². The molecule has 2 aromatic heterocycles. The Hall–Kier alpha value is -2.21. The van der Waals surface area contributed by atoms with Crippen molar-refractivity contribution in [1.29, 1.82) is 0 Å². The average molecular weight is 270 g/mol. The summed E-state index contributed by atoms with van der Waals surface area (Å²) in [5, 5.41) is 19.9. The molecule has 0 saturated carbocycles. The van der Waals surface area contributed by atoms with Crippen molar-refractivity contribution in [1.82, 2.24) is 30.5 Å². The van der Waals surface area contributed by atoms with Crippen molar-refractivity contribution in [3.05, 3.63) is 41.9 Å². The van der Waals surface area contributed by atoms with Crippen LogP contribution in [0.3, 0.4) is 0 Å². The molecule has 2 heterocycles. The van der Waals surface area contributed by atoms with Crippen LogP contribution in [0.15, 0.2) is 30.5 Å². The maximum Gasteiger partial charge on any atom is 0.0997 e. The highest BCUT2D eigenvalue weighted by Crippen LogP contribution is 2.23. The van der Waals surface area contributed by atoms with Crippen LogP contribution in [0.1, 0.15) is 24.4 Å². The molecule has 0 aliphatic rings. The quantitative estimate of drug-likeness (QED) is 0.740. The minimum absolute atomic E-state index is 0.109. The Morgan fingerprint density at radius 2 is 2.20 bits per heavy atom. The molecule has 1 atom stereocenters. The fraction of sp³-hybridized carbons (Fsp3) is 0.357. The van der Waals surface area contributed by atoms with E-state index >= 15 is 0 Å². The molecule has 0 spiro atoms. The number of aromatic amines is 1. The summed E-state index contributed by atoms with van der Waals surface area (Å²) in [6.07, 6.45) is 2.54. The van der Waals surface area contributed by atoms with E-state index in [1.54, 1.807) is 6.20 Å². The molecule has 2 N–H and O–H groups in total. The third-order valence-corrected chi connectivity index (χ3v) is 3.57. The second-order valence-corrected chi connectivity index (χ2v) is 4.72. The van der Waals surface area contributed by atoms with Gasteiger partial charge in [0.1, 0.15) is 0 Å². The first kappa shape index (κ1) is 12.8. The van der Waals surface area contributed by atoms with E-state index in [0.29, 0.717) is 0 Å². The second kappa shape index (κ2) is 5.42. The van der Waals surface area contributed by atoms with Crippen molar-refractivity contribution in [2.45, 2.75) is 25.9 Å². The standard InChI is InChI=1S/C14H18N6/c1-3-20-14-7-5-4-6-10(14)11(18-20)8-12(15-2)13-9-16-19-17-13/h4-7,9,12,15H,3,8H2,1-2H3,(H,16,17,19). The van der Waals surface area contributed by atoms with Gasteiger partial charge in [-0.1, -0.05) is 18.2 Å². The van der Waals surface area contributed by atoms with Crippen LogP contribution >= 0.6 is 0 Å². The number of hydrogen-bond donors (Lipinski definition) is 2. The van der Waals surface area contributed by atoms with Crippen molar-refractivity contribution in [2.75, 3.05) is 7.05 Å². The molecule has 20 heavy (non-hydrogen) atoms. The molecule has 3 aromatic rings. The van der Waals surface area contributed by atoms with Gasteiger partial charge in [0.15, 0.2) is 0 Å². The predicted molar refractivity (Wildman–Crippen MR) is 77.3 cm³/mol. The van der Waals surface area contributed by atoms with Crippen molar-refractivity contribution in [3.8, 4) is 0 Å². The number of rotatable bonds is 5. The number of nitrogens with one attached hydrogen (secondary N) is 2. The average Bonchev–Trinajstić information content (AvgIpc) is 3.13. The van der Waals surface area contributed by atoms with Crippen LogP contribution < -0.4 is 5.32 Å². The van der Waals surface area contributed by atoms with Crippen LogP contribution in [0, 0.1) is 0 Å². The summed E-state index contributed by atoms with van der Waals surface area (Å²) in [4.78, 5) is 0. The van der Waals surface area contributed by atoms with E-state index in [9.17, 15) is 0 Å². The molecule has 0 aliphatic heterocycles. The highest BCUT2D eigenvalue weighted by molar-refractivity contribution is 5.82. The Kier molecular flexibility index (Phi) is 3.47. The number of hydrogen-bond acceptors (Lipinski definition) is 4. The van der Waals surface area contributed by atoms with Gasteiger partial charge in [0.05, 0.1) is 29.1 Å². The lowest BCUT2D eigenvalue weighted by atomic mass is 10.1. The lowest BCUT2D eigenvalue weighted by molar-refractivity contribution is 0.558. The number of likely N-dealkylation sites (N-methyl/N-ethyl adjacent to an activating group) is 1. The van der Waals surface area contributed by atoms with Crippen LogP contribution in [0.25, 0.3) is 10.9 Å². The normalized spacial score (nSPS) is 12.9. The van der Waals surface area contributed by atoms with Crippen LogP contribution in [0.5, 0.6) is 0 Å². The van der Waals surface area contributed by atoms with Crippen molar-refractivity contribution >= 4 is 10.9 Å². The largest absolute Gasteiger partial charge is 0.311 e. The van der Waals surface area contributed by atoms with Crippen molar-refractivity contribution < 1.29 is 0 Å². The number of benzene rings is 1. The predicted octanol–water partition coefficient (Wildman–Crippen LogP) is 1.68. The molecular formula is C14H18N6. The number of nitrogens with zero attached hydrogens (tertiary/aromatic N) is 4. The smallest absolute Gasteiger partial charge is 0.0997 e. The maximum absolute atomic E-state index is 4.72. The minimum Gasteiger partial charge on any atom is -0.311 e. The monoisotopic (exact) mass is 270 g/mol. The summed E-state index contributed by atoms with van der Waals surface area (Å²) in [7, 11) is 1.93. The van der Waals surface area contributed by atoms with Crippen LogP contribution in [0.4, 0.5) is 0 Å². The van der Waals surface area contributed by atoms with Gasteiger partial charge in [-0.05, 0) is 20.0 Å². The van der Waals surface area contributed by atoms with E-state index < -0.39 is 0 Å². The summed E-state index contributed by atoms with van der Waals surface area (Å²) in [6.45, 7) is 2.98. The zero-order valence-corrected chi connectivity index (χ0v) is 11.7. The zero-order chi connectivity index (χ0) is 13.9. The fourth-order valence-electron chi connectivity index (χ4n) is 2.51. The van der Waals surface area contributed by atoms with Gasteiger partial charge in [-0.25, -0.2) is 0 Å². The summed E-state index contributed by atoms with van der Waals surface area (Å²) in [5.41, 5.74) is 3.17. The molecule has 3 rings (SSSR count). The van der Waals surface area contributed by atoms with Gasteiger partial charge < -0.3 is 5.32 Å². The van der Waals surface area contributed by atoms with Crippen molar-refractivity contribution in [3.63, 3.8) is 0 Å². The summed E-state index contributed by atoms with van der Waals surface area (Å²) < 4.78 is 2.04. The molecule has 0 saturated heterocycles. The van der Waals surface area contributed by atoms with Gasteiger partial charge in [0, 0.05) is 18.4 Å². The van der Waals surface area contributed by atoms with Crippen LogP contribution in [-0.2, 0) is 13.0 Å². The molecule has 1 unspecified atom stereocenters. The molecule has 0 bridgehead atoms. The Balaban J connectivity index is 1.98. The number of aromatic nitrogens is 5. The maximum atomic E-state index is 4.72. The lowest BCUT2D eigenvalue weighted by Crippen LogP contribution is -2.19. The summed E-state index contributed by atoms with van der Waals surface area (Å²) >= 11 is 0. The number of para-hydroxylation sites is 1. The summed E-state index contributed by atoms with van der Waals surface area (Å²) in [5.74, 6) is 0. The van der Waals surface area contributed by atoms with Crippen molar-refractivity contribution in [2.24, 2.45) is 0 Å². The van der Waals surface area contributed by atoms with E-state index in [1.807, 2.05) is 17.8 Å². The first-order valence-electron chi connectivity index (χ1n) is 6.80. The SMILES string of the molecule is CCn1nc(CC(NC)c2cn[nH]n2)c2ccccc21. The van der Waals surface area contributed by atoms with E-state index in [4.69, 9.17) is 5.10 Å². The highest BCUT2D eigenvalue weighted by atomic mass is 15.3. The highest BCUT2D eigenvalue weighted by Gasteiger charge is 2.17. The Morgan fingerprint density at radius 1 is 1.35 bits per heavy atom. The fourth-order valence-corrected chi connectivity index (χ4v) is 2.51. The molecule has 0 aliphatic carbocycles. The van der Waals surface area contributed by atoms with Gasteiger partial charge in [-0.15, -0.1) is 0 Å². The molecule has 0 fully saturated rings. The molecule has 0 amide bonds. The zero-order valence-electron chi connectivity index (χ0n) is 11.7. The number of aryl methyl sites for hydroxylation is 1. The summed E-state index contributed by atoms with van der Waals surface area (Å²) in [6, 6.07) is 8.45. The topological polar surface area (TPSA) is 71.4 Å². The first-order valence-corrected chi connectivity index (χ1v) is 6.80. The Labute approximate surface area is 117 Å². The first-order chi connectivity index (χ1) is 9.83. The molecular weight excluding hydrogens is 252 g/mol. The molecule has 6 nitrogen and oxygen atoms in total. The van der Waals surface area contributed by atoms with E-state index in [2.05, 4.69) is 45.9 Å². The lowest BCUT2D eigenvalue weighted by Gasteiger charge is -2.11. The van der Waals surface area contributed by atoms with Gasteiger partial charge in [0.2, 0.25) is 0 Å². The third kappa shape index (κ3) is 2.18. The van der Waals surface area contributed by atoms with E-state index in [1.165, 1.54) is 10.9 Å². The van der Waals surface area contributed by atoms with Gasteiger partial charge in [0.25, 0.3) is 0 Å². The Bertz CT molecular complexity index is 685. The Morgan fingerprint density at radius 3 is 2.90 bits per heavy atom. The van der Waals surface area contributed by atoms with Gasteiger partial charge >= 0.3 is 0 Å². The number of fused-ring (bicyclic) bond motifs is 1. The minimum atomic E-state index is 0.109.